The van der Waals surface area contributed by atoms with E-state index in [0.29, 0.717) is 12.2 Å². The topological polar surface area (TPSA) is 46.1 Å². The Bertz CT molecular complexity index is 363. The van der Waals surface area contributed by atoms with E-state index in [2.05, 4.69) is 34.3 Å². The number of piperidine rings is 1. The molecule has 0 bridgehead atoms. The fourth-order valence-electron chi connectivity index (χ4n) is 3.02. The first-order chi connectivity index (χ1) is 10.8. The first-order valence-electron chi connectivity index (χ1n) is 8.63. The second-order valence-corrected chi connectivity index (χ2v) is 5.99. The molecular weight excluding hydrogens is 405 g/mol. The maximum absolute atomic E-state index is 6.02. The van der Waals surface area contributed by atoms with Gasteiger partial charge in [0.05, 0.1) is 18.8 Å². The minimum atomic E-state index is 0. The van der Waals surface area contributed by atoms with Crippen molar-refractivity contribution < 1.29 is 9.47 Å². The molecule has 2 aliphatic rings. The van der Waals surface area contributed by atoms with Crippen molar-refractivity contribution in [2.75, 3.05) is 39.9 Å². The van der Waals surface area contributed by atoms with Gasteiger partial charge in [-0.2, -0.15) is 0 Å². The number of nitrogens with one attached hydrogen (secondary N) is 1. The van der Waals surface area contributed by atoms with Crippen LogP contribution < -0.4 is 5.32 Å². The van der Waals surface area contributed by atoms with Gasteiger partial charge in [-0.15, -0.1) is 24.0 Å². The molecule has 1 unspecified atom stereocenters. The SMILES string of the molecule is C/C=C/CCNC(=NC)N1CCC(OCC2CCCO2)CC1.I. The summed E-state index contributed by atoms with van der Waals surface area (Å²) < 4.78 is 11.6. The van der Waals surface area contributed by atoms with E-state index in [1.54, 1.807) is 0 Å². The Labute approximate surface area is 157 Å². The van der Waals surface area contributed by atoms with Gasteiger partial charge in [0.15, 0.2) is 5.96 Å². The third kappa shape index (κ3) is 7.39. The van der Waals surface area contributed by atoms with Crippen molar-refractivity contribution in [1.82, 2.24) is 10.2 Å². The Hall–Kier alpha value is -0.340. The summed E-state index contributed by atoms with van der Waals surface area (Å²) in [6.07, 6.45) is 10.5. The van der Waals surface area contributed by atoms with Crippen molar-refractivity contribution in [3.8, 4) is 0 Å². The van der Waals surface area contributed by atoms with Gasteiger partial charge in [-0.05, 0) is 39.0 Å². The third-order valence-corrected chi connectivity index (χ3v) is 4.32. The molecule has 2 fully saturated rings. The van der Waals surface area contributed by atoms with E-state index < -0.39 is 0 Å². The van der Waals surface area contributed by atoms with Crippen LogP contribution >= 0.6 is 24.0 Å². The molecule has 6 heteroatoms. The summed E-state index contributed by atoms with van der Waals surface area (Å²) in [6, 6.07) is 0. The molecule has 1 atom stereocenters. The molecule has 0 aliphatic carbocycles. The van der Waals surface area contributed by atoms with Gasteiger partial charge in [-0.1, -0.05) is 12.2 Å². The van der Waals surface area contributed by atoms with E-state index in [4.69, 9.17) is 9.47 Å². The van der Waals surface area contributed by atoms with Crippen molar-refractivity contribution in [1.29, 1.82) is 0 Å². The van der Waals surface area contributed by atoms with E-state index in [1.165, 1.54) is 6.42 Å². The molecule has 0 aromatic carbocycles. The lowest BCUT2D eigenvalue weighted by Gasteiger charge is -2.34. The Kier molecular flexibility index (Phi) is 10.9. The molecule has 2 saturated heterocycles. The molecule has 1 N–H and O–H groups in total. The van der Waals surface area contributed by atoms with Crippen LogP contribution in [0.25, 0.3) is 0 Å². The van der Waals surface area contributed by atoms with Crippen LogP contribution in [0, 0.1) is 0 Å². The van der Waals surface area contributed by atoms with Gasteiger partial charge in [-0.25, -0.2) is 0 Å². The van der Waals surface area contributed by atoms with Gasteiger partial charge in [0.25, 0.3) is 0 Å². The van der Waals surface area contributed by atoms with Crippen LogP contribution in [0.4, 0.5) is 0 Å². The standard InChI is InChI=1S/C17H31N3O2.HI/c1-3-4-5-10-19-17(18-2)20-11-8-15(9-12-20)22-14-16-7-6-13-21-16;/h3-4,15-16H,5-14H2,1-2H3,(H,18,19);1H/b4-3+;. The summed E-state index contributed by atoms with van der Waals surface area (Å²) in [5.41, 5.74) is 0. The fraction of sp³-hybridized carbons (Fsp3) is 0.824. The second kappa shape index (κ2) is 12.1. The lowest BCUT2D eigenvalue weighted by atomic mass is 10.1. The summed E-state index contributed by atoms with van der Waals surface area (Å²) in [5, 5.41) is 3.43. The number of halogens is 1. The summed E-state index contributed by atoms with van der Waals surface area (Å²) in [6.45, 7) is 6.68. The normalized spacial score (nSPS) is 23.3. The highest BCUT2D eigenvalue weighted by atomic mass is 127. The average Bonchev–Trinajstić information content (AvgIpc) is 3.07. The van der Waals surface area contributed by atoms with E-state index in [1.807, 2.05) is 7.05 Å². The number of aliphatic imine (C=N–C) groups is 1. The Morgan fingerprint density at radius 1 is 1.35 bits per heavy atom. The molecule has 0 aromatic rings. The van der Waals surface area contributed by atoms with Crippen LogP contribution in [-0.2, 0) is 9.47 Å². The van der Waals surface area contributed by atoms with Crippen LogP contribution in [0.5, 0.6) is 0 Å². The summed E-state index contributed by atoms with van der Waals surface area (Å²) in [7, 11) is 1.86. The minimum Gasteiger partial charge on any atom is -0.376 e. The number of nitrogens with zero attached hydrogens (tertiary/aromatic N) is 2. The number of rotatable bonds is 6. The van der Waals surface area contributed by atoms with Crippen LogP contribution in [0.1, 0.15) is 39.0 Å². The van der Waals surface area contributed by atoms with E-state index in [0.717, 1.165) is 64.5 Å². The lowest BCUT2D eigenvalue weighted by Crippen LogP contribution is -2.47. The number of allylic oxidation sites excluding steroid dienone is 1. The highest BCUT2D eigenvalue weighted by Gasteiger charge is 2.23. The molecule has 23 heavy (non-hydrogen) atoms. The zero-order valence-corrected chi connectivity index (χ0v) is 16.8. The number of likely N-dealkylation sites (tertiary alicyclic amines) is 1. The van der Waals surface area contributed by atoms with Gasteiger partial charge in [0.2, 0.25) is 0 Å². The molecule has 0 saturated carbocycles. The van der Waals surface area contributed by atoms with Crippen LogP contribution in [-0.4, -0.2) is 63.0 Å². The molecule has 2 rings (SSSR count). The minimum absolute atomic E-state index is 0. The lowest BCUT2D eigenvalue weighted by molar-refractivity contribution is -0.0367. The van der Waals surface area contributed by atoms with Crippen molar-refractivity contribution in [2.45, 2.75) is 51.2 Å². The van der Waals surface area contributed by atoms with Crippen LogP contribution in [0.3, 0.4) is 0 Å². The van der Waals surface area contributed by atoms with Crippen molar-refractivity contribution in [2.24, 2.45) is 4.99 Å². The third-order valence-electron chi connectivity index (χ3n) is 4.32. The first-order valence-corrected chi connectivity index (χ1v) is 8.63. The number of ether oxygens (including phenoxy) is 2. The Morgan fingerprint density at radius 2 is 2.13 bits per heavy atom. The molecule has 2 aliphatic heterocycles. The Balaban J connectivity index is 0.00000264. The fourth-order valence-corrected chi connectivity index (χ4v) is 3.02. The molecule has 134 valence electrons. The maximum atomic E-state index is 6.02. The van der Waals surface area contributed by atoms with Gasteiger partial charge >= 0.3 is 0 Å². The molecule has 0 radical (unpaired) electrons. The number of hydrogen-bond donors (Lipinski definition) is 1. The molecule has 0 spiro atoms. The number of hydrogen-bond acceptors (Lipinski definition) is 3. The molecular formula is C17H32IN3O2. The van der Waals surface area contributed by atoms with Gasteiger partial charge in [0, 0.05) is 33.3 Å². The van der Waals surface area contributed by atoms with E-state index in [-0.39, 0.29) is 24.0 Å². The van der Waals surface area contributed by atoms with Gasteiger partial charge in [0.1, 0.15) is 0 Å². The van der Waals surface area contributed by atoms with Gasteiger partial charge in [-0.3, -0.25) is 4.99 Å². The van der Waals surface area contributed by atoms with Crippen molar-refractivity contribution in [3.05, 3.63) is 12.2 Å². The summed E-state index contributed by atoms with van der Waals surface area (Å²) in [5.74, 6) is 1.02. The summed E-state index contributed by atoms with van der Waals surface area (Å²) in [4.78, 5) is 6.72. The Morgan fingerprint density at radius 3 is 2.74 bits per heavy atom. The zero-order valence-electron chi connectivity index (χ0n) is 14.5. The van der Waals surface area contributed by atoms with E-state index >= 15 is 0 Å². The predicted molar refractivity (Wildman–Crippen MR) is 106 cm³/mol. The largest absolute Gasteiger partial charge is 0.376 e. The summed E-state index contributed by atoms with van der Waals surface area (Å²) >= 11 is 0. The zero-order chi connectivity index (χ0) is 15.6. The number of guanidine groups is 1. The average molecular weight is 437 g/mol. The first kappa shape index (κ1) is 20.7. The van der Waals surface area contributed by atoms with Gasteiger partial charge < -0.3 is 19.7 Å². The molecule has 2 heterocycles. The highest BCUT2D eigenvalue weighted by molar-refractivity contribution is 14.0. The molecule has 5 nitrogen and oxygen atoms in total. The predicted octanol–water partition coefficient (Wildman–Crippen LogP) is 2.81. The smallest absolute Gasteiger partial charge is 0.193 e. The second-order valence-electron chi connectivity index (χ2n) is 5.99. The van der Waals surface area contributed by atoms with E-state index in [9.17, 15) is 0 Å². The molecule has 0 aromatic heterocycles. The van der Waals surface area contributed by atoms with Crippen LogP contribution in [0.15, 0.2) is 17.1 Å². The van der Waals surface area contributed by atoms with Crippen molar-refractivity contribution >= 4 is 29.9 Å². The highest BCUT2D eigenvalue weighted by Crippen LogP contribution is 2.17. The quantitative estimate of drug-likeness (QED) is 0.228. The van der Waals surface area contributed by atoms with Crippen LogP contribution in [0.2, 0.25) is 0 Å². The maximum Gasteiger partial charge on any atom is 0.193 e. The monoisotopic (exact) mass is 437 g/mol. The molecule has 0 amide bonds. The van der Waals surface area contributed by atoms with Crippen molar-refractivity contribution in [3.63, 3.8) is 0 Å².